The quantitative estimate of drug-likeness (QED) is 0.793. The molecule has 120 valence electrons. The van der Waals surface area contributed by atoms with Crippen molar-refractivity contribution in [2.75, 3.05) is 13.6 Å². The molecule has 2 rings (SSSR count). The van der Waals surface area contributed by atoms with Crippen molar-refractivity contribution in [3.05, 3.63) is 35.9 Å². The maximum absolute atomic E-state index is 12.5. The third-order valence-electron chi connectivity index (χ3n) is 4.82. The normalized spacial score (nSPS) is 17.5. The van der Waals surface area contributed by atoms with Crippen LogP contribution in [-0.2, 0) is 9.59 Å². The van der Waals surface area contributed by atoms with Crippen LogP contribution in [0.4, 0.5) is 0 Å². The van der Waals surface area contributed by atoms with E-state index >= 15 is 0 Å². The van der Waals surface area contributed by atoms with Gasteiger partial charge < -0.3 is 10.6 Å². The summed E-state index contributed by atoms with van der Waals surface area (Å²) in [4.78, 5) is 24.6. The largest absolute Gasteiger partial charge is 0.358 e. The van der Waals surface area contributed by atoms with Gasteiger partial charge in [0.1, 0.15) is 5.41 Å². The number of hydrogen-bond acceptors (Lipinski definition) is 2. The second-order valence-corrected chi connectivity index (χ2v) is 6.49. The highest BCUT2D eigenvalue weighted by molar-refractivity contribution is 6.05. The first kappa shape index (κ1) is 16.5. The number of hydrogen-bond donors (Lipinski definition) is 2. The molecule has 1 saturated carbocycles. The first-order valence-electron chi connectivity index (χ1n) is 8.06. The zero-order valence-corrected chi connectivity index (χ0v) is 13.7. The fraction of sp³-hybridized carbons (Fsp3) is 0.556. The lowest BCUT2D eigenvalue weighted by Crippen LogP contribution is -2.55. The lowest BCUT2D eigenvalue weighted by molar-refractivity contribution is -0.149. The average molecular weight is 302 g/mol. The summed E-state index contributed by atoms with van der Waals surface area (Å²) in [6.45, 7) is 4.88. The van der Waals surface area contributed by atoms with Crippen LogP contribution in [0.1, 0.15) is 44.6 Å². The van der Waals surface area contributed by atoms with Crippen molar-refractivity contribution >= 4 is 11.8 Å². The van der Waals surface area contributed by atoms with Crippen molar-refractivity contribution in [1.82, 2.24) is 10.6 Å². The first-order valence-corrected chi connectivity index (χ1v) is 8.06. The van der Waals surface area contributed by atoms with E-state index in [1.54, 1.807) is 7.05 Å². The molecule has 1 aromatic carbocycles. The summed E-state index contributed by atoms with van der Waals surface area (Å²) >= 11 is 0. The summed E-state index contributed by atoms with van der Waals surface area (Å²) in [6.07, 6.45) is 2.24. The summed E-state index contributed by atoms with van der Waals surface area (Å²) in [5.74, 6) is 0.392. The molecule has 0 radical (unpaired) electrons. The highest BCUT2D eigenvalue weighted by atomic mass is 16.2. The molecule has 4 heteroatoms. The monoisotopic (exact) mass is 302 g/mol. The Labute approximate surface area is 132 Å². The van der Waals surface area contributed by atoms with Gasteiger partial charge in [-0.25, -0.2) is 0 Å². The van der Waals surface area contributed by atoms with Gasteiger partial charge >= 0.3 is 0 Å². The molecule has 0 saturated heterocycles. The number of carbonyl (C=O) groups excluding carboxylic acids is 2. The molecule has 2 N–H and O–H groups in total. The first-order chi connectivity index (χ1) is 10.5. The van der Waals surface area contributed by atoms with Crippen molar-refractivity contribution in [2.24, 2.45) is 11.3 Å². The maximum Gasteiger partial charge on any atom is 0.235 e. The number of amides is 2. The minimum Gasteiger partial charge on any atom is -0.358 e. The van der Waals surface area contributed by atoms with Crippen molar-refractivity contribution in [2.45, 2.75) is 39.0 Å². The lowest BCUT2D eigenvalue weighted by Gasteiger charge is -2.38. The third kappa shape index (κ3) is 3.16. The molecule has 0 bridgehead atoms. The fourth-order valence-corrected chi connectivity index (χ4v) is 3.14. The van der Waals surface area contributed by atoms with E-state index in [0.717, 1.165) is 6.42 Å². The minimum absolute atomic E-state index is 0.125. The van der Waals surface area contributed by atoms with Gasteiger partial charge in [-0.2, -0.15) is 0 Å². The Morgan fingerprint density at radius 3 is 2.23 bits per heavy atom. The molecule has 1 aromatic rings. The van der Waals surface area contributed by atoms with Crippen LogP contribution in [0.3, 0.4) is 0 Å². The van der Waals surface area contributed by atoms with E-state index in [0.29, 0.717) is 25.3 Å². The number of carbonyl (C=O) groups is 2. The summed E-state index contributed by atoms with van der Waals surface area (Å²) < 4.78 is 0. The summed E-state index contributed by atoms with van der Waals surface area (Å²) in [5, 5.41) is 5.65. The molecule has 2 amide bonds. The van der Waals surface area contributed by atoms with Crippen LogP contribution in [0.2, 0.25) is 0 Å². The molecule has 1 fully saturated rings. The predicted molar refractivity (Wildman–Crippen MR) is 87.4 cm³/mol. The van der Waals surface area contributed by atoms with Crippen LogP contribution < -0.4 is 10.6 Å². The van der Waals surface area contributed by atoms with E-state index in [4.69, 9.17) is 0 Å². The van der Waals surface area contributed by atoms with Crippen molar-refractivity contribution in [3.8, 4) is 0 Å². The molecular weight excluding hydrogens is 276 g/mol. The highest BCUT2D eigenvalue weighted by Gasteiger charge is 2.50. The Kier molecular flexibility index (Phi) is 5.22. The van der Waals surface area contributed by atoms with Crippen molar-refractivity contribution in [3.63, 3.8) is 0 Å². The molecule has 4 nitrogen and oxygen atoms in total. The van der Waals surface area contributed by atoms with E-state index in [9.17, 15) is 9.59 Å². The fourth-order valence-electron chi connectivity index (χ4n) is 3.14. The van der Waals surface area contributed by atoms with Gasteiger partial charge in [0, 0.05) is 19.5 Å². The van der Waals surface area contributed by atoms with E-state index in [2.05, 4.69) is 36.6 Å². The van der Waals surface area contributed by atoms with Gasteiger partial charge in [0.25, 0.3) is 0 Å². The predicted octanol–water partition coefficient (Wildman–Crippen LogP) is 2.46. The summed E-state index contributed by atoms with van der Waals surface area (Å²) in [7, 11) is 1.59. The van der Waals surface area contributed by atoms with Crippen LogP contribution >= 0.6 is 0 Å². The van der Waals surface area contributed by atoms with Crippen molar-refractivity contribution < 1.29 is 9.59 Å². The smallest absolute Gasteiger partial charge is 0.235 e. The molecule has 22 heavy (non-hydrogen) atoms. The number of nitrogens with one attached hydrogen (secondary N) is 2. The van der Waals surface area contributed by atoms with Gasteiger partial charge in [0.05, 0.1) is 0 Å². The van der Waals surface area contributed by atoms with Gasteiger partial charge in [-0.1, -0.05) is 50.6 Å². The number of rotatable bonds is 6. The topological polar surface area (TPSA) is 58.2 Å². The zero-order chi connectivity index (χ0) is 16.2. The Balaban J connectivity index is 2.04. The maximum atomic E-state index is 12.5. The molecule has 0 aromatic heterocycles. The Morgan fingerprint density at radius 2 is 1.77 bits per heavy atom. The van der Waals surface area contributed by atoms with E-state index in [1.165, 1.54) is 5.56 Å². The lowest BCUT2D eigenvalue weighted by atomic mass is 9.67. The average Bonchev–Trinajstić information content (AvgIpc) is 2.46. The van der Waals surface area contributed by atoms with Crippen LogP contribution in [0, 0.1) is 11.3 Å². The summed E-state index contributed by atoms with van der Waals surface area (Å²) in [6, 6.07) is 10.2. The van der Waals surface area contributed by atoms with Crippen LogP contribution in [0.25, 0.3) is 0 Å². The van der Waals surface area contributed by atoms with Gasteiger partial charge in [-0.15, -0.1) is 0 Å². The Hall–Kier alpha value is -1.84. The van der Waals surface area contributed by atoms with Crippen LogP contribution in [0.15, 0.2) is 30.3 Å². The minimum atomic E-state index is -0.840. The number of benzene rings is 1. The van der Waals surface area contributed by atoms with Gasteiger partial charge in [-0.3, -0.25) is 9.59 Å². The van der Waals surface area contributed by atoms with Crippen LogP contribution in [-0.4, -0.2) is 25.4 Å². The molecule has 1 atom stereocenters. The molecule has 0 heterocycles. The summed E-state index contributed by atoms with van der Waals surface area (Å²) in [5.41, 5.74) is 0.382. The van der Waals surface area contributed by atoms with Crippen LogP contribution in [0.5, 0.6) is 0 Å². The third-order valence-corrected chi connectivity index (χ3v) is 4.82. The van der Waals surface area contributed by atoms with Gasteiger partial charge in [0.15, 0.2) is 0 Å². The zero-order valence-electron chi connectivity index (χ0n) is 13.7. The second kappa shape index (κ2) is 6.95. The van der Waals surface area contributed by atoms with E-state index < -0.39 is 5.41 Å². The standard InChI is InChI=1S/C18H26N2O2/c1-13(2)15(14-8-5-4-6-9-14)12-20-17(22)18(10-7-11-18)16(21)19-3/h4-6,8-9,13,15H,7,10-12H2,1-3H3,(H,19,21)(H,20,22). The molecule has 1 aliphatic rings. The Morgan fingerprint density at radius 1 is 1.14 bits per heavy atom. The van der Waals surface area contributed by atoms with E-state index in [-0.39, 0.29) is 17.7 Å². The second-order valence-electron chi connectivity index (χ2n) is 6.49. The van der Waals surface area contributed by atoms with Gasteiger partial charge in [-0.05, 0) is 24.3 Å². The van der Waals surface area contributed by atoms with Crippen molar-refractivity contribution in [1.29, 1.82) is 0 Å². The SMILES string of the molecule is CNC(=O)C1(C(=O)NCC(c2ccccc2)C(C)C)CCC1. The molecule has 1 aliphatic carbocycles. The van der Waals surface area contributed by atoms with E-state index in [1.807, 2.05) is 18.2 Å². The van der Waals surface area contributed by atoms with Gasteiger partial charge in [0.2, 0.25) is 11.8 Å². The molecule has 0 spiro atoms. The Bertz CT molecular complexity index is 521. The molecule has 1 unspecified atom stereocenters. The molecule has 0 aliphatic heterocycles. The highest BCUT2D eigenvalue weighted by Crippen LogP contribution is 2.41. The molecular formula is C18H26N2O2.